The number of hydrogen-bond donors (Lipinski definition) is 1. The Bertz CT molecular complexity index is 541. The molecule has 1 aromatic carbocycles. The number of carbonyl (C=O) groups excluding carboxylic acids is 1. The monoisotopic (exact) mass is 332 g/mol. The summed E-state index contributed by atoms with van der Waals surface area (Å²) in [5, 5.41) is 3.22. The molecule has 5 nitrogen and oxygen atoms in total. The predicted molar refractivity (Wildman–Crippen MR) is 93.5 cm³/mol. The third-order valence-corrected chi connectivity index (χ3v) is 4.87. The lowest BCUT2D eigenvalue weighted by Gasteiger charge is -2.33. The van der Waals surface area contributed by atoms with Gasteiger partial charge in [-0.1, -0.05) is 12.1 Å². The van der Waals surface area contributed by atoms with Crippen LogP contribution in [0, 0.1) is 5.92 Å². The molecule has 1 amide bonds. The van der Waals surface area contributed by atoms with E-state index >= 15 is 0 Å². The first kappa shape index (κ1) is 17.2. The zero-order valence-electron chi connectivity index (χ0n) is 14.5. The van der Waals surface area contributed by atoms with Crippen molar-refractivity contribution in [3.8, 4) is 5.75 Å². The van der Waals surface area contributed by atoms with Gasteiger partial charge in [-0.3, -0.25) is 4.79 Å². The third kappa shape index (κ3) is 4.28. The molecule has 0 unspecified atom stereocenters. The van der Waals surface area contributed by atoms with Gasteiger partial charge in [0.25, 0.3) is 5.91 Å². The minimum atomic E-state index is 0.0822. The maximum atomic E-state index is 13.0. The number of rotatable bonds is 6. The molecule has 2 heterocycles. The van der Waals surface area contributed by atoms with Crippen molar-refractivity contribution in [2.75, 3.05) is 39.9 Å². The highest BCUT2D eigenvalue weighted by atomic mass is 16.5. The van der Waals surface area contributed by atoms with Gasteiger partial charge in [-0.2, -0.15) is 0 Å². The maximum Gasteiger partial charge on any atom is 0.257 e. The molecule has 0 saturated carbocycles. The predicted octanol–water partition coefficient (Wildman–Crippen LogP) is 2.32. The average Bonchev–Trinajstić information content (AvgIpc) is 3.14. The van der Waals surface area contributed by atoms with Gasteiger partial charge in [0.15, 0.2) is 0 Å². The van der Waals surface area contributed by atoms with Crippen LogP contribution in [0.1, 0.15) is 36.0 Å². The number of ether oxygens (including phenoxy) is 2. The first-order chi connectivity index (χ1) is 11.8. The van der Waals surface area contributed by atoms with Crippen molar-refractivity contribution in [3.05, 3.63) is 29.8 Å². The van der Waals surface area contributed by atoms with Crippen LogP contribution in [0.2, 0.25) is 0 Å². The van der Waals surface area contributed by atoms with Crippen LogP contribution in [-0.4, -0.2) is 56.8 Å². The minimum Gasteiger partial charge on any atom is -0.490 e. The van der Waals surface area contributed by atoms with Crippen LogP contribution in [0.3, 0.4) is 0 Å². The van der Waals surface area contributed by atoms with Gasteiger partial charge in [0.1, 0.15) is 12.4 Å². The van der Waals surface area contributed by atoms with Crippen molar-refractivity contribution >= 4 is 5.91 Å². The van der Waals surface area contributed by atoms with Gasteiger partial charge >= 0.3 is 0 Å². The molecule has 24 heavy (non-hydrogen) atoms. The molecule has 1 aromatic rings. The highest BCUT2D eigenvalue weighted by Gasteiger charge is 2.26. The van der Waals surface area contributed by atoms with Crippen LogP contribution in [0.25, 0.3) is 0 Å². The summed E-state index contributed by atoms with van der Waals surface area (Å²) in [6, 6.07) is 7.58. The fraction of sp³-hybridized carbons (Fsp3) is 0.632. The van der Waals surface area contributed by atoms with Crippen molar-refractivity contribution in [3.63, 3.8) is 0 Å². The van der Waals surface area contributed by atoms with Crippen LogP contribution in [-0.2, 0) is 4.74 Å². The van der Waals surface area contributed by atoms with Crippen molar-refractivity contribution in [1.82, 2.24) is 10.2 Å². The average molecular weight is 332 g/mol. The fourth-order valence-corrected chi connectivity index (χ4v) is 3.60. The van der Waals surface area contributed by atoms with Gasteiger partial charge in [-0.25, -0.2) is 0 Å². The summed E-state index contributed by atoms with van der Waals surface area (Å²) >= 11 is 0. The Balaban J connectivity index is 1.65. The highest BCUT2D eigenvalue weighted by Crippen LogP contribution is 2.24. The van der Waals surface area contributed by atoms with Gasteiger partial charge < -0.3 is 19.7 Å². The molecule has 132 valence electrons. The normalized spacial score (nSPS) is 24.1. The van der Waals surface area contributed by atoms with E-state index in [1.165, 1.54) is 6.42 Å². The van der Waals surface area contributed by atoms with E-state index in [2.05, 4.69) is 5.32 Å². The van der Waals surface area contributed by atoms with E-state index in [1.54, 1.807) is 0 Å². The van der Waals surface area contributed by atoms with Crippen LogP contribution >= 0.6 is 0 Å². The van der Waals surface area contributed by atoms with Crippen LogP contribution in [0.4, 0.5) is 0 Å². The maximum absolute atomic E-state index is 13.0. The van der Waals surface area contributed by atoms with Crippen molar-refractivity contribution < 1.29 is 14.3 Å². The second kappa shape index (κ2) is 8.49. The largest absolute Gasteiger partial charge is 0.490 e. The number of piperidine rings is 1. The molecule has 0 aromatic heterocycles. The zero-order chi connectivity index (χ0) is 16.8. The molecule has 2 fully saturated rings. The number of benzene rings is 1. The summed E-state index contributed by atoms with van der Waals surface area (Å²) in [6.45, 7) is 3.95. The minimum absolute atomic E-state index is 0.0822. The summed E-state index contributed by atoms with van der Waals surface area (Å²) in [5.41, 5.74) is 0.667. The molecular weight excluding hydrogens is 304 g/mol. The number of amides is 1. The van der Waals surface area contributed by atoms with Gasteiger partial charge in [0, 0.05) is 19.7 Å². The summed E-state index contributed by atoms with van der Waals surface area (Å²) < 4.78 is 11.5. The van der Waals surface area contributed by atoms with Crippen LogP contribution < -0.4 is 10.1 Å². The molecule has 5 heteroatoms. The van der Waals surface area contributed by atoms with Gasteiger partial charge in [0.05, 0.1) is 11.7 Å². The summed E-state index contributed by atoms with van der Waals surface area (Å²) in [4.78, 5) is 14.9. The Hall–Kier alpha value is -1.59. The molecule has 0 aliphatic carbocycles. The quantitative estimate of drug-likeness (QED) is 0.868. The topological polar surface area (TPSA) is 50.8 Å². The summed E-state index contributed by atoms with van der Waals surface area (Å²) in [6.07, 6.45) is 4.53. The number of nitrogens with one attached hydrogen (secondary N) is 1. The number of nitrogens with zero attached hydrogens (tertiary/aromatic N) is 1. The molecule has 0 bridgehead atoms. The fourth-order valence-electron chi connectivity index (χ4n) is 3.60. The van der Waals surface area contributed by atoms with E-state index < -0.39 is 0 Å². The SMILES string of the molecule is CNC[C@H]1CCCN(C(=O)c2ccccc2OC[C@H]2CCCO2)C1. The molecule has 0 radical (unpaired) electrons. The molecule has 2 saturated heterocycles. The number of likely N-dealkylation sites (tertiary alicyclic amines) is 1. The van der Waals surface area contributed by atoms with E-state index in [0.29, 0.717) is 23.8 Å². The van der Waals surface area contributed by atoms with Crippen molar-refractivity contribution in [2.24, 2.45) is 5.92 Å². The van der Waals surface area contributed by atoms with Crippen LogP contribution in [0.5, 0.6) is 5.75 Å². The standard InChI is InChI=1S/C19H28N2O3/c1-20-12-15-6-4-10-21(13-15)19(22)17-8-2-3-9-18(17)24-14-16-7-5-11-23-16/h2-3,8-9,15-16,20H,4-7,10-14H2,1H3/t15-,16-/m1/s1. The number of para-hydroxylation sites is 1. The molecule has 0 spiro atoms. The van der Waals surface area contributed by atoms with E-state index in [0.717, 1.165) is 45.5 Å². The van der Waals surface area contributed by atoms with E-state index in [9.17, 15) is 4.79 Å². The summed E-state index contributed by atoms with van der Waals surface area (Å²) in [5.74, 6) is 1.29. The zero-order valence-corrected chi connectivity index (χ0v) is 14.5. The second-order valence-corrected chi connectivity index (χ2v) is 6.76. The van der Waals surface area contributed by atoms with Crippen LogP contribution in [0.15, 0.2) is 24.3 Å². The van der Waals surface area contributed by atoms with Crippen molar-refractivity contribution in [1.29, 1.82) is 0 Å². The Kier molecular flexibility index (Phi) is 6.10. The Morgan fingerprint density at radius 2 is 2.21 bits per heavy atom. The highest BCUT2D eigenvalue weighted by molar-refractivity contribution is 5.97. The van der Waals surface area contributed by atoms with E-state index in [1.807, 2.05) is 36.2 Å². The van der Waals surface area contributed by atoms with E-state index in [4.69, 9.17) is 9.47 Å². The second-order valence-electron chi connectivity index (χ2n) is 6.76. The Morgan fingerprint density at radius 3 is 3.00 bits per heavy atom. The van der Waals surface area contributed by atoms with E-state index in [-0.39, 0.29) is 12.0 Å². The molecule has 2 aliphatic rings. The summed E-state index contributed by atoms with van der Waals surface area (Å²) in [7, 11) is 1.97. The lowest BCUT2D eigenvalue weighted by Crippen LogP contribution is -2.42. The van der Waals surface area contributed by atoms with Gasteiger partial charge in [-0.05, 0) is 57.3 Å². The third-order valence-electron chi connectivity index (χ3n) is 4.87. The molecule has 1 N–H and O–H groups in total. The number of hydrogen-bond acceptors (Lipinski definition) is 4. The lowest BCUT2D eigenvalue weighted by molar-refractivity contribution is 0.0621. The molecule has 2 atom stereocenters. The molecular formula is C19H28N2O3. The smallest absolute Gasteiger partial charge is 0.257 e. The molecule has 2 aliphatic heterocycles. The number of carbonyl (C=O) groups is 1. The van der Waals surface area contributed by atoms with Gasteiger partial charge in [-0.15, -0.1) is 0 Å². The Labute approximate surface area is 144 Å². The van der Waals surface area contributed by atoms with Gasteiger partial charge in [0.2, 0.25) is 0 Å². The van der Waals surface area contributed by atoms with Crippen molar-refractivity contribution in [2.45, 2.75) is 31.8 Å². The first-order valence-corrected chi connectivity index (χ1v) is 9.05. The first-order valence-electron chi connectivity index (χ1n) is 9.05. The lowest BCUT2D eigenvalue weighted by atomic mass is 9.97. The Morgan fingerprint density at radius 1 is 1.33 bits per heavy atom. The molecule has 3 rings (SSSR count).